The van der Waals surface area contributed by atoms with E-state index in [0.29, 0.717) is 5.76 Å². The average Bonchev–Trinajstić information content (AvgIpc) is 1.59. The summed E-state index contributed by atoms with van der Waals surface area (Å²) in [5.41, 5.74) is -0.251. The molecule has 0 spiro atoms. The molecule has 0 saturated carbocycles. The highest BCUT2D eigenvalue weighted by molar-refractivity contribution is 4.71. The molecule has 0 fully saturated rings. The molecule has 0 aliphatic carbocycles. The van der Waals surface area contributed by atoms with Crippen LogP contribution in [0.1, 0.15) is 27.7 Å². The van der Waals surface area contributed by atoms with Gasteiger partial charge >= 0.3 is 0 Å². The van der Waals surface area contributed by atoms with Gasteiger partial charge in [-0.2, -0.15) is 4.89 Å². The van der Waals surface area contributed by atoms with Crippen LogP contribution in [0.2, 0.25) is 0 Å². The van der Waals surface area contributed by atoms with E-state index in [1.165, 1.54) is 0 Å². The molecule has 0 aromatic heterocycles. The van der Waals surface area contributed by atoms with Gasteiger partial charge in [-0.25, -0.2) is 0 Å². The second kappa shape index (κ2) is 2.87. The summed E-state index contributed by atoms with van der Waals surface area (Å²) in [4.78, 5) is 9.60. The van der Waals surface area contributed by atoms with Crippen molar-refractivity contribution in [1.29, 1.82) is 0 Å². The van der Waals surface area contributed by atoms with Crippen LogP contribution in [0.15, 0.2) is 12.3 Å². The van der Waals surface area contributed by atoms with E-state index in [4.69, 9.17) is 9.78 Å². The molecule has 0 atom stereocenters. The summed E-state index contributed by atoms with van der Waals surface area (Å²) in [6, 6.07) is 0. The molecule has 0 aliphatic heterocycles. The maximum Gasteiger partial charge on any atom is 0.132 e. The van der Waals surface area contributed by atoms with Crippen LogP contribution in [0.25, 0.3) is 0 Å². The molecule has 0 bridgehead atoms. The zero-order chi connectivity index (χ0) is 7.49. The van der Waals surface area contributed by atoms with E-state index in [-0.39, 0.29) is 5.60 Å². The van der Waals surface area contributed by atoms with Gasteiger partial charge in [0.05, 0.1) is 0 Å². The molecule has 9 heavy (non-hydrogen) atoms. The van der Waals surface area contributed by atoms with Gasteiger partial charge in [0.25, 0.3) is 0 Å². The van der Waals surface area contributed by atoms with E-state index in [1.54, 1.807) is 6.92 Å². The average molecular weight is 130 g/mol. The van der Waals surface area contributed by atoms with Gasteiger partial charge in [-0.3, -0.25) is 0 Å². The van der Waals surface area contributed by atoms with Gasteiger partial charge < -0.3 is 4.89 Å². The summed E-state index contributed by atoms with van der Waals surface area (Å²) in [7, 11) is 0. The van der Waals surface area contributed by atoms with Crippen molar-refractivity contribution in [3.63, 3.8) is 0 Å². The molecule has 0 amide bonds. The molecule has 54 valence electrons. The van der Waals surface area contributed by atoms with E-state index in [0.717, 1.165) is 0 Å². The van der Waals surface area contributed by atoms with Gasteiger partial charge in [-0.15, -0.1) is 0 Å². The van der Waals surface area contributed by atoms with Gasteiger partial charge in [-0.05, 0) is 27.7 Å². The molecule has 0 radical (unpaired) electrons. The molecule has 0 aliphatic rings. The predicted octanol–water partition coefficient (Wildman–Crippen LogP) is 2.27. The lowest BCUT2D eigenvalue weighted by molar-refractivity contribution is -0.320. The van der Waals surface area contributed by atoms with Crippen LogP contribution in [0, 0.1) is 0 Å². The topological polar surface area (TPSA) is 18.5 Å². The third-order valence-electron chi connectivity index (χ3n) is 0.434. The quantitative estimate of drug-likeness (QED) is 0.324. The van der Waals surface area contributed by atoms with Gasteiger partial charge in [-0.1, -0.05) is 6.58 Å². The molecule has 0 N–H and O–H groups in total. The third kappa shape index (κ3) is 7.50. The summed E-state index contributed by atoms with van der Waals surface area (Å²) in [5, 5.41) is 0. The zero-order valence-corrected chi connectivity index (χ0v) is 6.52. The number of hydrogen-bond acceptors (Lipinski definition) is 2. The van der Waals surface area contributed by atoms with Crippen molar-refractivity contribution in [2.75, 3.05) is 0 Å². The first-order valence-electron chi connectivity index (χ1n) is 2.93. The number of allylic oxidation sites excluding steroid dienone is 1. The van der Waals surface area contributed by atoms with Crippen LogP contribution in [-0.4, -0.2) is 5.60 Å². The number of rotatable bonds is 2. The Morgan fingerprint density at radius 3 is 1.89 bits per heavy atom. The maximum absolute atomic E-state index is 4.89. The molecule has 0 aromatic carbocycles. The van der Waals surface area contributed by atoms with E-state index in [9.17, 15) is 0 Å². The minimum Gasteiger partial charge on any atom is -0.343 e. The molecule has 0 aromatic rings. The summed E-state index contributed by atoms with van der Waals surface area (Å²) >= 11 is 0. The first-order chi connectivity index (χ1) is 3.92. The standard InChI is InChI=1S/C7H14O2/c1-6(2)8-9-7(3,4)5/h1H2,2-5H3. The minimum absolute atomic E-state index is 0.251. The second-order valence-corrected chi connectivity index (χ2v) is 2.98. The van der Waals surface area contributed by atoms with Gasteiger partial charge in [0.15, 0.2) is 0 Å². The molecule has 0 rings (SSSR count). The first-order valence-corrected chi connectivity index (χ1v) is 2.93. The van der Waals surface area contributed by atoms with Crippen molar-refractivity contribution in [3.8, 4) is 0 Å². The fourth-order valence-electron chi connectivity index (χ4n) is 0.196. The Hall–Kier alpha value is -0.500. The van der Waals surface area contributed by atoms with Gasteiger partial charge in [0.2, 0.25) is 0 Å². The largest absolute Gasteiger partial charge is 0.343 e. The van der Waals surface area contributed by atoms with Crippen LogP contribution in [0.3, 0.4) is 0 Å². The lowest BCUT2D eigenvalue weighted by atomic mass is 10.2. The normalized spacial score (nSPS) is 11.1. The Kier molecular flexibility index (Phi) is 2.71. The van der Waals surface area contributed by atoms with E-state index < -0.39 is 0 Å². The van der Waals surface area contributed by atoms with Crippen molar-refractivity contribution in [2.45, 2.75) is 33.3 Å². The molecule has 2 heteroatoms. The lowest BCUT2D eigenvalue weighted by Gasteiger charge is -2.17. The van der Waals surface area contributed by atoms with Crippen LogP contribution in [0.4, 0.5) is 0 Å². The van der Waals surface area contributed by atoms with Crippen molar-refractivity contribution >= 4 is 0 Å². The fraction of sp³-hybridized carbons (Fsp3) is 0.714. The monoisotopic (exact) mass is 130 g/mol. The van der Waals surface area contributed by atoms with Crippen LogP contribution in [0.5, 0.6) is 0 Å². The second-order valence-electron chi connectivity index (χ2n) is 2.98. The van der Waals surface area contributed by atoms with Gasteiger partial charge in [0, 0.05) is 0 Å². The molecule has 2 nitrogen and oxygen atoms in total. The lowest BCUT2D eigenvalue weighted by Crippen LogP contribution is -2.18. The molecule has 0 unspecified atom stereocenters. The smallest absolute Gasteiger partial charge is 0.132 e. The summed E-state index contributed by atoms with van der Waals surface area (Å²) < 4.78 is 0. The molecular weight excluding hydrogens is 116 g/mol. The number of hydrogen-bond donors (Lipinski definition) is 0. The van der Waals surface area contributed by atoms with Crippen LogP contribution >= 0.6 is 0 Å². The SMILES string of the molecule is C=C(C)OOC(C)(C)C. The minimum atomic E-state index is -0.251. The van der Waals surface area contributed by atoms with Crippen LogP contribution < -0.4 is 0 Å². The van der Waals surface area contributed by atoms with E-state index in [1.807, 2.05) is 20.8 Å². The summed E-state index contributed by atoms with van der Waals surface area (Å²) in [6.07, 6.45) is 0. The Bertz CT molecular complexity index is 100.0. The van der Waals surface area contributed by atoms with E-state index in [2.05, 4.69) is 6.58 Å². The van der Waals surface area contributed by atoms with Crippen molar-refractivity contribution < 1.29 is 9.78 Å². The van der Waals surface area contributed by atoms with Crippen molar-refractivity contribution in [3.05, 3.63) is 12.3 Å². The van der Waals surface area contributed by atoms with Gasteiger partial charge in [0.1, 0.15) is 11.4 Å². The summed E-state index contributed by atoms with van der Waals surface area (Å²) in [5.74, 6) is 0.574. The Labute approximate surface area is 56.4 Å². The predicted molar refractivity (Wildman–Crippen MR) is 36.7 cm³/mol. The molecule has 0 saturated heterocycles. The van der Waals surface area contributed by atoms with E-state index >= 15 is 0 Å². The third-order valence-corrected chi connectivity index (χ3v) is 0.434. The van der Waals surface area contributed by atoms with Crippen molar-refractivity contribution in [1.82, 2.24) is 0 Å². The highest BCUT2D eigenvalue weighted by atomic mass is 17.2. The molecule has 0 heterocycles. The molecular formula is C7H14O2. The Morgan fingerprint density at radius 1 is 1.33 bits per heavy atom. The fourth-order valence-corrected chi connectivity index (χ4v) is 0.196. The Morgan fingerprint density at radius 2 is 1.78 bits per heavy atom. The Balaban J connectivity index is 3.39. The zero-order valence-electron chi connectivity index (χ0n) is 6.52. The van der Waals surface area contributed by atoms with Crippen LogP contribution in [-0.2, 0) is 9.78 Å². The summed E-state index contributed by atoms with van der Waals surface area (Å²) in [6.45, 7) is 11.0. The highest BCUT2D eigenvalue weighted by Crippen LogP contribution is 2.08. The first kappa shape index (κ1) is 8.50. The van der Waals surface area contributed by atoms with Crippen molar-refractivity contribution in [2.24, 2.45) is 0 Å². The highest BCUT2D eigenvalue weighted by Gasteiger charge is 2.11. The maximum atomic E-state index is 4.89.